The molecule has 1 radical (unpaired) electrons. The van der Waals surface area contributed by atoms with Crippen LogP contribution < -0.4 is 0 Å². The Labute approximate surface area is 51.2 Å². The second kappa shape index (κ2) is 9.23. The average Bonchev–Trinajstić information content (AvgIpc) is 0.918. The zero-order chi connectivity index (χ0) is 2.71. The molecule has 0 aromatic carbocycles. The largest absolute Gasteiger partial charge is 0.519 e. The van der Waals surface area contributed by atoms with Crippen LogP contribution in [0.3, 0.4) is 0 Å². The van der Waals surface area contributed by atoms with Gasteiger partial charge < -0.3 is 11.6 Å². The zero-order valence-corrected chi connectivity index (χ0v) is 5.42. The Bertz CT molecular complexity index is 13.5. The molecule has 0 saturated carbocycles. The van der Waals surface area contributed by atoms with Gasteiger partial charge in [-0.15, -0.1) is 0 Å². The van der Waals surface area contributed by atoms with Gasteiger partial charge in [0.05, 0.1) is 0 Å². The van der Waals surface area contributed by atoms with E-state index in [2.05, 4.69) is 0 Å². The minimum atomic E-state index is 0. The second-order valence-electron chi connectivity index (χ2n) is 0.250. The monoisotopic (exact) mass is 131 g/mol. The molecule has 4 heavy (non-hydrogen) atoms. The van der Waals surface area contributed by atoms with E-state index in [0.29, 0.717) is 0 Å². The summed E-state index contributed by atoms with van der Waals surface area (Å²) in [5.41, 5.74) is 0. The second-order valence-corrected chi connectivity index (χ2v) is 0.250. The molecule has 0 aliphatic rings. The molecule has 0 aliphatic heterocycles. The summed E-state index contributed by atoms with van der Waals surface area (Å²) in [6, 6.07) is 0. The molecule has 0 unspecified atom stereocenters. The minimum Gasteiger partial charge on any atom is -0.519 e. The van der Waals surface area contributed by atoms with Gasteiger partial charge >= 0.3 is 0 Å². The summed E-state index contributed by atoms with van der Waals surface area (Å²) >= 11 is 0. The van der Waals surface area contributed by atoms with Crippen LogP contribution in [0, 0.1) is 5.41 Å². The molecule has 0 saturated heterocycles. The fourth-order valence-electron chi connectivity index (χ4n) is 0. The SMILES string of the molecule is C[C-]=N.[Y]. The van der Waals surface area contributed by atoms with Crippen LogP contribution in [0.1, 0.15) is 6.92 Å². The molecule has 0 bridgehead atoms. The van der Waals surface area contributed by atoms with Gasteiger partial charge in [0.25, 0.3) is 0 Å². The quantitative estimate of drug-likeness (QED) is 0.366. The molecular weight excluding hydrogens is 127 g/mol. The van der Waals surface area contributed by atoms with Crippen LogP contribution in [0.5, 0.6) is 0 Å². The molecule has 0 fully saturated rings. The first-order chi connectivity index (χ1) is 1.41. The number of rotatable bonds is 0. The summed E-state index contributed by atoms with van der Waals surface area (Å²) < 4.78 is 0. The van der Waals surface area contributed by atoms with E-state index in [9.17, 15) is 0 Å². The van der Waals surface area contributed by atoms with Crippen LogP contribution in [-0.4, -0.2) is 6.21 Å². The molecule has 0 heterocycles. The molecule has 0 atom stereocenters. The van der Waals surface area contributed by atoms with Gasteiger partial charge in [0.2, 0.25) is 0 Å². The Kier molecular flexibility index (Phi) is 20.4. The Morgan fingerprint density at radius 2 is 1.75 bits per heavy atom. The van der Waals surface area contributed by atoms with Gasteiger partial charge in [0.1, 0.15) is 0 Å². The molecule has 2 heteroatoms. The van der Waals surface area contributed by atoms with E-state index >= 15 is 0 Å². The van der Waals surface area contributed by atoms with Crippen molar-refractivity contribution < 1.29 is 32.7 Å². The molecule has 1 N–H and O–H groups in total. The molecule has 0 spiro atoms. The van der Waals surface area contributed by atoms with Crippen LogP contribution in [-0.2, 0) is 32.7 Å². The van der Waals surface area contributed by atoms with E-state index in [1.165, 1.54) is 0 Å². The van der Waals surface area contributed by atoms with Gasteiger partial charge in [-0.05, 0) is 0 Å². The molecule has 0 aliphatic carbocycles. The van der Waals surface area contributed by atoms with Gasteiger partial charge in [0.15, 0.2) is 0 Å². The van der Waals surface area contributed by atoms with Gasteiger partial charge in [-0.1, -0.05) is 0 Å². The third-order valence-corrected chi connectivity index (χ3v) is 0. The Hall–Kier alpha value is 0.774. The molecule has 0 amide bonds. The Morgan fingerprint density at radius 1 is 1.75 bits per heavy atom. The van der Waals surface area contributed by atoms with Crippen molar-refractivity contribution in [3.63, 3.8) is 0 Å². The third-order valence-electron chi connectivity index (χ3n) is 0. The standard InChI is InChI=1S/C2H4N.Y/c1-2-3;/h3H,1H3;/q-1;. The van der Waals surface area contributed by atoms with Crippen molar-refractivity contribution in [2.75, 3.05) is 0 Å². The Morgan fingerprint density at radius 3 is 1.75 bits per heavy atom. The number of hydrogen-bond acceptors (Lipinski definition) is 1. The molecule has 21 valence electrons. The maximum absolute atomic E-state index is 5.96. The summed E-state index contributed by atoms with van der Waals surface area (Å²) in [4.78, 5) is 0. The van der Waals surface area contributed by atoms with Gasteiger partial charge in [-0.3, -0.25) is 0 Å². The first kappa shape index (κ1) is 8.84. The molecule has 0 rings (SSSR count). The summed E-state index contributed by atoms with van der Waals surface area (Å²) in [5, 5.41) is 5.96. The smallest absolute Gasteiger partial charge is 0 e. The molecule has 0 aromatic rings. The van der Waals surface area contributed by atoms with Gasteiger partial charge in [-0.25, -0.2) is 0 Å². The van der Waals surface area contributed by atoms with Crippen molar-refractivity contribution in [2.24, 2.45) is 0 Å². The summed E-state index contributed by atoms with van der Waals surface area (Å²) in [6.45, 7) is 1.54. The first-order valence-electron chi connectivity index (χ1n) is 0.750. The zero-order valence-electron chi connectivity index (χ0n) is 2.58. The predicted octanol–water partition coefficient (Wildman–Crippen LogP) is 0.530. The van der Waals surface area contributed by atoms with Crippen molar-refractivity contribution in [3.8, 4) is 0 Å². The Balaban J connectivity index is 0. The average molecular weight is 131 g/mol. The van der Waals surface area contributed by atoms with Crippen LogP contribution in [0.4, 0.5) is 0 Å². The van der Waals surface area contributed by atoms with Crippen LogP contribution in [0.15, 0.2) is 0 Å². The number of nitrogens with one attached hydrogen (secondary N) is 1. The van der Waals surface area contributed by atoms with E-state index in [1.807, 2.05) is 6.21 Å². The van der Waals surface area contributed by atoms with Crippen LogP contribution in [0.2, 0.25) is 0 Å². The summed E-state index contributed by atoms with van der Waals surface area (Å²) in [7, 11) is 0. The van der Waals surface area contributed by atoms with Crippen LogP contribution in [0.25, 0.3) is 0 Å². The predicted molar refractivity (Wildman–Crippen MR) is 13.4 cm³/mol. The van der Waals surface area contributed by atoms with Crippen molar-refractivity contribution in [3.05, 3.63) is 0 Å². The van der Waals surface area contributed by atoms with E-state index in [0.717, 1.165) is 0 Å². The van der Waals surface area contributed by atoms with Crippen LogP contribution >= 0.6 is 0 Å². The van der Waals surface area contributed by atoms with Crippen molar-refractivity contribution in [2.45, 2.75) is 6.92 Å². The maximum atomic E-state index is 5.96. The van der Waals surface area contributed by atoms with E-state index < -0.39 is 0 Å². The maximum Gasteiger partial charge on any atom is 0 e. The van der Waals surface area contributed by atoms with Gasteiger partial charge in [0, 0.05) is 32.7 Å². The third kappa shape index (κ3) is 14.6. The van der Waals surface area contributed by atoms with E-state index in [4.69, 9.17) is 5.41 Å². The minimum absolute atomic E-state index is 0. The van der Waals surface area contributed by atoms with Crippen molar-refractivity contribution >= 4 is 6.21 Å². The fourth-order valence-corrected chi connectivity index (χ4v) is 0. The topological polar surface area (TPSA) is 23.9 Å². The normalized spacial score (nSPS) is 3.25. The van der Waals surface area contributed by atoms with E-state index in [-0.39, 0.29) is 32.7 Å². The fraction of sp³-hybridized carbons (Fsp3) is 0.500. The van der Waals surface area contributed by atoms with E-state index in [1.54, 1.807) is 6.92 Å². The number of hydrogen-bond donors (Lipinski definition) is 1. The summed E-state index contributed by atoms with van der Waals surface area (Å²) in [5.74, 6) is 0. The van der Waals surface area contributed by atoms with Gasteiger partial charge in [-0.2, -0.15) is 6.92 Å². The first-order valence-corrected chi connectivity index (χ1v) is 0.750. The van der Waals surface area contributed by atoms with Crippen molar-refractivity contribution in [1.29, 1.82) is 5.41 Å². The molecule has 1 nitrogen and oxygen atoms in total. The summed E-state index contributed by atoms with van der Waals surface area (Å²) in [6.07, 6.45) is 2.00. The van der Waals surface area contributed by atoms with Crippen molar-refractivity contribution in [1.82, 2.24) is 0 Å². The molecule has 0 aromatic heterocycles. The molecular formula is C2H4NY-.